The summed E-state index contributed by atoms with van der Waals surface area (Å²) in [6.07, 6.45) is 9.89. The maximum Gasteiger partial charge on any atom is 0.122 e. The first-order chi connectivity index (χ1) is 10.8. The van der Waals surface area contributed by atoms with Crippen LogP contribution < -0.4 is 10.1 Å². The molecular weight excluding hydrogens is 274 g/mol. The Bertz CT molecular complexity index is 451. The second-order valence-electron chi connectivity index (χ2n) is 6.87. The molecule has 2 fully saturated rings. The van der Waals surface area contributed by atoms with Gasteiger partial charge in [-0.15, -0.1) is 0 Å². The Hall–Kier alpha value is -1.06. The molecule has 0 aliphatic heterocycles. The molecule has 1 aromatic carbocycles. The van der Waals surface area contributed by atoms with Crippen molar-refractivity contribution < 1.29 is 9.84 Å². The smallest absolute Gasteiger partial charge is 0.122 e. The number of ether oxygens (including phenoxy) is 1. The lowest BCUT2D eigenvalue weighted by Crippen LogP contribution is -2.36. The van der Waals surface area contributed by atoms with Crippen LogP contribution in [-0.4, -0.2) is 30.4 Å². The van der Waals surface area contributed by atoms with Gasteiger partial charge in [-0.25, -0.2) is 0 Å². The van der Waals surface area contributed by atoms with Crippen molar-refractivity contribution in [3.05, 3.63) is 29.8 Å². The molecule has 0 aromatic heterocycles. The average Bonchev–Trinajstić information content (AvgIpc) is 3.24. The van der Waals surface area contributed by atoms with Crippen LogP contribution in [0.15, 0.2) is 24.3 Å². The second kappa shape index (κ2) is 7.98. The first kappa shape index (κ1) is 15.8. The number of hydrogen-bond donors (Lipinski definition) is 2. The third kappa shape index (κ3) is 4.23. The summed E-state index contributed by atoms with van der Waals surface area (Å²) in [6.45, 7) is 1.01. The molecule has 0 bridgehead atoms. The van der Waals surface area contributed by atoms with Crippen LogP contribution in [0.3, 0.4) is 0 Å². The molecule has 0 amide bonds. The molecule has 2 saturated carbocycles. The average molecular weight is 303 g/mol. The number of rotatable bonds is 7. The monoisotopic (exact) mass is 303 g/mol. The van der Waals surface area contributed by atoms with Gasteiger partial charge < -0.3 is 15.2 Å². The summed E-state index contributed by atoms with van der Waals surface area (Å²) in [7, 11) is 0. The third-order valence-electron chi connectivity index (χ3n) is 5.14. The van der Waals surface area contributed by atoms with Crippen LogP contribution >= 0.6 is 0 Å². The largest absolute Gasteiger partial charge is 0.491 e. The van der Waals surface area contributed by atoms with E-state index in [2.05, 4.69) is 17.4 Å². The maximum absolute atomic E-state index is 10.1. The van der Waals surface area contributed by atoms with Gasteiger partial charge in [0, 0.05) is 12.6 Å². The van der Waals surface area contributed by atoms with Crippen LogP contribution in [0, 0.1) is 0 Å². The molecule has 1 aromatic rings. The Kier molecular flexibility index (Phi) is 5.74. The van der Waals surface area contributed by atoms with Crippen molar-refractivity contribution in [2.75, 3.05) is 13.2 Å². The second-order valence-corrected chi connectivity index (χ2v) is 6.87. The number of aliphatic hydroxyl groups excluding tert-OH is 1. The van der Waals surface area contributed by atoms with E-state index in [0.717, 1.165) is 5.75 Å². The van der Waals surface area contributed by atoms with Crippen LogP contribution in [0.5, 0.6) is 5.75 Å². The number of hydrogen-bond acceptors (Lipinski definition) is 3. The summed E-state index contributed by atoms with van der Waals surface area (Å²) in [5, 5.41) is 13.6. The predicted molar refractivity (Wildman–Crippen MR) is 89.4 cm³/mol. The highest BCUT2D eigenvalue weighted by Crippen LogP contribution is 2.38. The summed E-state index contributed by atoms with van der Waals surface area (Å²) in [4.78, 5) is 0. The van der Waals surface area contributed by atoms with Gasteiger partial charge in [0.25, 0.3) is 0 Å². The molecule has 1 atom stereocenters. The highest BCUT2D eigenvalue weighted by Gasteiger charge is 2.21. The molecule has 0 heterocycles. The molecule has 2 N–H and O–H groups in total. The molecule has 22 heavy (non-hydrogen) atoms. The number of nitrogens with one attached hydrogen (secondary N) is 1. The van der Waals surface area contributed by atoms with Gasteiger partial charge in [0.2, 0.25) is 0 Å². The maximum atomic E-state index is 10.1. The Morgan fingerprint density at radius 2 is 1.73 bits per heavy atom. The van der Waals surface area contributed by atoms with E-state index in [1.807, 2.05) is 12.1 Å². The Morgan fingerprint density at radius 1 is 1.05 bits per heavy atom. The van der Waals surface area contributed by atoms with Gasteiger partial charge in [0.15, 0.2) is 0 Å². The van der Waals surface area contributed by atoms with E-state index >= 15 is 0 Å². The molecule has 122 valence electrons. The number of benzene rings is 1. The van der Waals surface area contributed by atoms with Crippen molar-refractivity contribution >= 4 is 0 Å². The highest BCUT2D eigenvalue weighted by atomic mass is 16.5. The summed E-state index contributed by atoms with van der Waals surface area (Å²) in [5.41, 5.74) is 1.33. The van der Waals surface area contributed by atoms with E-state index < -0.39 is 6.10 Å². The van der Waals surface area contributed by atoms with Crippen LogP contribution in [0.4, 0.5) is 0 Å². The number of para-hydroxylation sites is 1. The standard InChI is InChI=1S/C19H29NO2/c21-17(13-20-16-9-3-4-10-16)14-22-19-12-6-5-11-18(19)15-7-1-2-8-15/h5-6,11-12,15-17,20-21H,1-4,7-10,13-14H2. The van der Waals surface area contributed by atoms with Crippen LogP contribution in [0.2, 0.25) is 0 Å². The molecule has 0 radical (unpaired) electrons. The van der Waals surface area contributed by atoms with E-state index in [4.69, 9.17) is 4.74 Å². The molecule has 3 rings (SSSR count). The first-order valence-electron chi connectivity index (χ1n) is 8.96. The van der Waals surface area contributed by atoms with Gasteiger partial charge in [-0.05, 0) is 43.2 Å². The predicted octanol–water partition coefficient (Wildman–Crippen LogP) is 3.62. The van der Waals surface area contributed by atoms with Crippen molar-refractivity contribution in [1.82, 2.24) is 5.32 Å². The third-order valence-corrected chi connectivity index (χ3v) is 5.14. The minimum absolute atomic E-state index is 0.378. The lowest BCUT2D eigenvalue weighted by atomic mass is 9.97. The van der Waals surface area contributed by atoms with Crippen molar-refractivity contribution in [2.24, 2.45) is 0 Å². The van der Waals surface area contributed by atoms with E-state index in [-0.39, 0.29) is 0 Å². The fourth-order valence-electron chi connectivity index (χ4n) is 3.86. The quantitative estimate of drug-likeness (QED) is 0.808. The summed E-state index contributed by atoms with van der Waals surface area (Å²) in [6, 6.07) is 8.95. The normalized spacial score (nSPS) is 21.3. The van der Waals surface area contributed by atoms with E-state index in [1.165, 1.54) is 56.9 Å². The molecule has 0 saturated heterocycles. The van der Waals surface area contributed by atoms with Gasteiger partial charge in [-0.1, -0.05) is 43.9 Å². The van der Waals surface area contributed by atoms with E-state index in [9.17, 15) is 5.11 Å². The number of aliphatic hydroxyl groups is 1. The molecular formula is C19H29NO2. The zero-order valence-electron chi connectivity index (χ0n) is 13.5. The zero-order chi connectivity index (χ0) is 15.2. The lowest BCUT2D eigenvalue weighted by Gasteiger charge is -2.19. The minimum Gasteiger partial charge on any atom is -0.491 e. The van der Waals surface area contributed by atoms with Crippen molar-refractivity contribution in [1.29, 1.82) is 0 Å². The fraction of sp³-hybridized carbons (Fsp3) is 0.684. The van der Waals surface area contributed by atoms with Crippen LogP contribution in [0.25, 0.3) is 0 Å². The first-order valence-corrected chi connectivity index (χ1v) is 8.96. The highest BCUT2D eigenvalue weighted by molar-refractivity contribution is 5.36. The van der Waals surface area contributed by atoms with Gasteiger partial charge in [0.05, 0.1) is 0 Å². The van der Waals surface area contributed by atoms with E-state index in [1.54, 1.807) is 0 Å². The van der Waals surface area contributed by atoms with Gasteiger partial charge >= 0.3 is 0 Å². The van der Waals surface area contributed by atoms with Gasteiger partial charge in [-0.3, -0.25) is 0 Å². The topological polar surface area (TPSA) is 41.5 Å². The SMILES string of the molecule is OC(CNC1CCCC1)COc1ccccc1C1CCCC1. The van der Waals surface area contributed by atoms with Crippen LogP contribution in [-0.2, 0) is 0 Å². The molecule has 0 spiro atoms. The molecule has 2 aliphatic rings. The molecule has 3 nitrogen and oxygen atoms in total. The Balaban J connectivity index is 1.48. The summed E-state index contributed by atoms with van der Waals surface area (Å²) >= 11 is 0. The van der Waals surface area contributed by atoms with Crippen molar-refractivity contribution in [2.45, 2.75) is 69.4 Å². The van der Waals surface area contributed by atoms with Crippen LogP contribution in [0.1, 0.15) is 62.8 Å². The zero-order valence-corrected chi connectivity index (χ0v) is 13.5. The van der Waals surface area contributed by atoms with E-state index in [0.29, 0.717) is 25.1 Å². The van der Waals surface area contributed by atoms with Crippen molar-refractivity contribution in [3.8, 4) is 5.75 Å². The van der Waals surface area contributed by atoms with Crippen molar-refractivity contribution in [3.63, 3.8) is 0 Å². The fourth-order valence-corrected chi connectivity index (χ4v) is 3.86. The Morgan fingerprint density at radius 3 is 2.50 bits per heavy atom. The molecule has 3 heteroatoms. The lowest BCUT2D eigenvalue weighted by molar-refractivity contribution is 0.103. The minimum atomic E-state index is -0.433. The molecule has 1 unspecified atom stereocenters. The molecule has 2 aliphatic carbocycles. The van der Waals surface area contributed by atoms with Gasteiger partial charge in [-0.2, -0.15) is 0 Å². The Labute approximate surface area is 134 Å². The summed E-state index contributed by atoms with van der Waals surface area (Å²) < 4.78 is 5.94. The van der Waals surface area contributed by atoms with Gasteiger partial charge in [0.1, 0.15) is 18.5 Å². The summed E-state index contributed by atoms with van der Waals surface area (Å²) in [5.74, 6) is 1.61.